The van der Waals surface area contributed by atoms with Gasteiger partial charge in [-0.05, 0) is 52.2 Å². The van der Waals surface area contributed by atoms with Crippen molar-refractivity contribution in [2.24, 2.45) is 5.92 Å². The maximum absolute atomic E-state index is 4.47. The van der Waals surface area contributed by atoms with E-state index in [4.69, 9.17) is 0 Å². The number of aromatic nitrogens is 2. The van der Waals surface area contributed by atoms with E-state index in [1.807, 2.05) is 24.4 Å². The van der Waals surface area contributed by atoms with Crippen molar-refractivity contribution < 1.29 is 0 Å². The lowest BCUT2D eigenvalue weighted by molar-refractivity contribution is 0.551. The number of nitrogens with zero attached hydrogens (tertiary/aromatic N) is 2. The van der Waals surface area contributed by atoms with Crippen LogP contribution in [0.15, 0.2) is 51.2 Å². The highest BCUT2D eigenvalue weighted by Gasteiger charge is 2.01. The van der Waals surface area contributed by atoms with Crippen molar-refractivity contribution in [2.75, 3.05) is 6.54 Å². The summed E-state index contributed by atoms with van der Waals surface area (Å²) in [6.45, 7) is 6.30. The molecule has 0 aliphatic carbocycles. The summed E-state index contributed by atoms with van der Waals surface area (Å²) in [6.07, 6.45) is 3.72. The van der Waals surface area contributed by atoms with Gasteiger partial charge in [0, 0.05) is 23.4 Å². The smallest absolute Gasteiger partial charge is 0.102 e. The average Bonchev–Trinajstić information content (AvgIpc) is 2.43. The molecule has 0 fully saturated rings. The number of halogens is 1. The van der Waals surface area contributed by atoms with Crippen LogP contribution in [0.3, 0.4) is 0 Å². The quantitative estimate of drug-likeness (QED) is 0.848. The van der Waals surface area contributed by atoms with Crippen LogP contribution in [0.4, 0.5) is 0 Å². The van der Waals surface area contributed by atoms with Crippen LogP contribution in [-0.2, 0) is 6.54 Å². The Labute approximate surface area is 132 Å². The third-order valence-corrected chi connectivity index (χ3v) is 3.96. The first-order chi connectivity index (χ1) is 9.63. The molecule has 106 valence electrons. The lowest BCUT2D eigenvalue weighted by Crippen LogP contribution is -2.18. The van der Waals surface area contributed by atoms with Gasteiger partial charge in [-0.1, -0.05) is 31.7 Å². The molecule has 2 aromatic heterocycles. The Morgan fingerprint density at radius 1 is 1.10 bits per heavy atom. The lowest BCUT2D eigenvalue weighted by atomic mass is 10.2. The van der Waals surface area contributed by atoms with E-state index in [1.165, 1.54) is 5.56 Å². The lowest BCUT2D eigenvalue weighted by Gasteiger charge is -2.07. The summed E-state index contributed by atoms with van der Waals surface area (Å²) in [6, 6.07) is 8.12. The highest BCUT2D eigenvalue weighted by Crippen LogP contribution is 2.24. The molecule has 0 amide bonds. The standard InChI is InChI=1S/C15H18BrN3S/c1-11(2)7-17-8-12-3-5-14(18-9-12)20-15-6-4-13(16)10-19-15/h3-6,9-11,17H,7-8H2,1-2H3. The molecule has 2 aromatic rings. The Hall–Kier alpha value is -0.910. The van der Waals surface area contributed by atoms with E-state index >= 15 is 0 Å². The molecule has 5 heteroatoms. The molecule has 0 aromatic carbocycles. The topological polar surface area (TPSA) is 37.8 Å². The third-order valence-electron chi connectivity index (χ3n) is 2.59. The van der Waals surface area contributed by atoms with Crippen molar-refractivity contribution in [1.82, 2.24) is 15.3 Å². The maximum atomic E-state index is 4.47. The summed E-state index contributed by atoms with van der Waals surface area (Å²) in [5, 5.41) is 5.33. The summed E-state index contributed by atoms with van der Waals surface area (Å²) in [5.74, 6) is 0.668. The molecule has 0 aliphatic heterocycles. The molecule has 0 radical (unpaired) electrons. The molecule has 0 saturated heterocycles. The number of rotatable bonds is 6. The van der Waals surface area contributed by atoms with E-state index in [1.54, 1.807) is 18.0 Å². The predicted octanol–water partition coefficient (Wildman–Crippen LogP) is 4.14. The van der Waals surface area contributed by atoms with Gasteiger partial charge >= 0.3 is 0 Å². The fourth-order valence-corrected chi connectivity index (χ4v) is 2.54. The molecule has 0 bridgehead atoms. The normalized spacial score (nSPS) is 11.0. The summed E-state index contributed by atoms with van der Waals surface area (Å²) in [7, 11) is 0. The fourth-order valence-electron chi connectivity index (χ4n) is 1.61. The van der Waals surface area contributed by atoms with E-state index in [2.05, 4.69) is 51.1 Å². The predicted molar refractivity (Wildman–Crippen MR) is 86.8 cm³/mol. The van der Waals surface area contributed by atoms with Crippen LogP contribution in [0, 0.1) is 5.92 Å². The average molecular weight is 352 g/mol. The summed E-state index contributed by atoms with van der Waals surface area (Å²) in [4.78, 5) is 8.79. The van der Waals surface area contributed by atoms with Crippen molar-refractivity contribution in [3.8, 4) is 0 Å². The second-order valence-electron chi connectivity index (χ2n) is 4.95. The molecule has 0 aliphatic rings. The Morgan fingerprint density at radius 2 is 1.80 bits per heavy atom. The zero-order valence-electron chi connectivity index (χ0n) is 11.6. The van der Waals surface area contributed by atoms with Gasteiger partial charge in [0.15, 0.2) is 0 Å². The van der Waals surface area contributed by atoms with E-state index in [-0.39, 0.29) is 0 Å². The van der Waals surface area contributed by atoms with Crippen molar-refractivity contribution in [3.63, 3.8) is 0 Å². The second kappa shape index (κ2) is 7.76. The molecule has 20 heavy (non-hydrogen) atoms. The van der Waals surface area contributed by atoms with Crippen LogP contribution in [-0.4, -0.2) is 16.5 Å². The molecular weight excluding hydrogens is 334 g/mol. The van der Waals surface area contributed by atoms with Gasteiger partial charge in [0.25, 0.3) is 0 Å². The number of hydrogen-bond acceptors (Lipinski definition) is 4. The van der Waals surface area contributed by atoms with Gasteiger partial charge in [-0.15, -0.1) is 0 Å². The molecular formula is C15H18BrN3S. The van der Waals surface area contributed by atoms with Crippen LogP contribution < -0.4 is 5.32 Å². The number of pyridine rings is 2. The Balaban J connectivity index is 1.89. The summed E-state index contributed by atoms with van der Waals surface area (Å²) in [5.41, 5.74) is 1.21. The van der Waals surface area contributed by atoms with E-state index in [9.17, 15) is 0 Å². The summed E-state index contributed by atoms with van der Waals surface area (Å²) >= 11 is 4.95. The zero-order chi connectivity index (χ0) is 14.4. The molecule has 0 atom stereocenters. The van der Waals surface area contributed by atoms with Crippen LogP contribution >= 0.6 is 27.7 Å². The van der Waals surface area contributed by atoms with E-state index in [0.717, 1.165) is 27.6 Å². The molecule has 2 rings (SSSR count). The molecule has 0 unspecified atom stereocenters. The zero-order valence-corrected chi connectivity index (χ0v) is 14.0. The van der Waals surface area contributed by atoms with Gasteiger partial charge in [0.05, 0.1) is 0 Å². The van der Waals surface area contributed by atoms with Crippen molar-refractivity contribution in [3.05, 3.63) is 46.7 Å². The molecule has 0 saturated carbocycles. The molecule has 1 N–H and O–H groups in total. The Kier molecular flexibility index (Phi) is 6.01. The van der Waals surface area contributed by atoms with Gasteiger partial charge in [-0.2, -0.15) is 0 Å². The highest BCUT2D eigenvalue weighted by molar-refractivity contribution is 9.10. The monoisotopic (exact) mass is 351 g/mol. The van der Waals surface area contributed by atoms with E-state index < -0.39 is 0 Å². The van der Waals surface area contributed by atoms with Crippen LogP contribution in [0.25, 0.3) is 0 Å². The van der Waals surface area contributed by atoms with Crippen LogP contribution in [0.1, 0.15) is 19.4 Å². The van der Waals surface area contributed by atoms with Gasteiger partial charge in [0.1, 0.15) is 10.1 Å². The molecule has 3 nitrogen and oxygen atoms in total. The van der Waals surface area contributed by atoms with Gasteiger partial charge < -0.3 is 5.32 Å². The fraction of sp³-hybridized carbons (Fsp3) is 0.333. The first-order valence-corrected chi connectivity index (χ1v) is 8.19. The van der Waals surface area contributed by atoms with E-state index in [0.29, 0.717) is 5.92 Å². The van der Waals surface area contributed by atoms with Crippen molar-refractivity contribution in [2.45, 2.75) is 30.4 Å². The van der Waals surface area contributed by atoms with Crippen LogP contribution in [0.2, 0.25) is 0 Å². The second-order valence-corrected chi connectivity index (χ2v) is 6.90. The minimum atomic E-state index is 0.668. The minimum absolute atomic E-state index is 0.668. The Morgan fingerprint density at radius 3 is 2.35 bits per heavy atom. The van der Waals surface area contributed by atoms with Crippen molar-refractivity contribution in [1.29, 1.82) is 0 Å². The first-order valence-electron chi connectivity index (χ1n) is 6.58. The van der Waals surface area contributed by atoms with Gasteiger partial charge in [0.2, 0.25) is 0 Å². The minimum Gasteiger partial charge on any atom is -0.312 e. The van der Waals surface area contributed by atoms with Gasteiger partial charge in [-0.3, -0.25) is 0 Å². The third kappa shape index (κ3) is 5.23. The number of hydrogen-bond donors (Lipinski definition) is 1. The maximum Gasteiger partial charge on any atom is 0.102 e. The number of nitrogens with one attached hydrogen (secondary N) is 1. The highest BCUT2D eigenvalue weighted by atomic mass is 79.9. The summed E-state index contributed by atoms with van der Waals surface area (Å²) < 4.78 is 0.987. The van der Waals surface area contributed by atoms with Crippen LogP contribution in [0.5, 0.6) is 0 Å². The SMILES string of the molecule is CC(C)CNCc1ccc(Sc2ccc(Br)cn2)nc1. The largest absolute Gasteiger partial charge is 0.312 e. The molecule has 0 spiro atoms. The van der Waals surface area contributed by atoms with Gasteiger partial charge in [-0.25, -0.2) is 9.97 Å². The first kappa shape index (κ1) is 15.5. The molecule has 2 heterocycles. The Bertz CT molecular complexity index is 526. The van der Waals surface area contributed by atoms with Crippen molar-refractivity contribution >= 4 is 27.7 Å².